The van der Waals surface area contributed by atoms with E-state index in [4.69, 9.17) is 0 Å². The first kappa shape index (κ1) is 7.79. The molecular weight excluding hydrogens is 172 g/mol. The van der Waals surface area contributed by atoms with E-state index in [0.717, 1.165) is 5.56 Å². The van der Waals surface area contributed by atoms with Crippen molar-refractivity contribution in [2.75, 3.05) is 0 Å². The maximum atomic E-state index is 11.1. The van der Waals surface area contributed by atoms with Gasteiger partial charge in [-0.25, -0.2) is 9.59 Å². The highest BCUT2D eigenvalue weighted by molar-refractivity contribution is 5.75. The van der Waals surface area contributed by atoms with Crippen molar-refractivity contribution < 1.29 is 8.83 Å². The van der Waals surface area contributed by atoms with Gasteiger partial charge in [0.15, 0.2) is 0 Å². The Kier molecular flexibility index (Phi) is 1.55. The zero-order valence-corrected chi connectivity index (χ0v) is 6.87. The Morgan fingerprint density at radius 1 is 1.15 bits per heavy atom. The van der Waals surface area contributed by atoms with Gasteiger partial charge in [0.05, 0.1) is 0 Å². The molecule has 0 aliphatic heterocycles. The monoisotopic (exact) mass is 178 g/mol. The van der Waals surface area contributed by atoms with Crippen molar-refractivity contribution in [2.24, 2.45) is 0 Å². The summed E-state index contributed by atoms with van der Waals surface area (Å²) in [6.07, 6.45) is 0. The lowest BCUT2D eigenvalue weighted by molar-refractivity contribution is 0.328. The molecule has 0 fully saturated rings. The van der Waals surface area contributed by atoms with Gasteiger partial charge in [-0.2, -0.15) is 0 Å². The molecule has 0 atom stereocenters. The van der Waals surface area contributed by atoms with Gasteiger partial charge in [-0.3, -0.25) is 0 Å². The van der Waals surface area contributed by atoms with Crippen molar-refractivity contribution in [3.05, 3.63) is 44.8 Å². The van der Waals surface area contributed by atoms with E-state index in [2.05, 4.69) is 8.83 Å². The van der Waals surface area contributed by atoms with E-state index in [-0.39, 0.29) is 5.58 Å². The zero-order chi connectivity index (χ0) is 9.42. The molecule has 1 heterocycles. The molecule has 0 radical (unpaired) electrons. The Morgan fingerprint density at radius 2 is 1.92 bits per heavy atom. The molecule has 0 spiro atoms. The summed E-state index contributed by atoms with van der Waals surface area (Å²) < 4.78 is 8.94. The molecule has 0 amide bonds. The van der Waals surface area contributed by atoms with Crippen LogP contribution in [0.25, 0.3) is 11.0 Å². The second-order valence-electron chi connectivity index (χ2n) is 2.74. The van der Waals surface area contributed by atoms with Crippen LogP contribution in [-0.2, 0) is 0 Å². The Bertz CT molecular complexity index is 562. The third-order valence-electron chi connectivity index (χ3n) is 1.72. The van der Waals surface area contributed by atoms with Crippen LogP contribution in [0.15, 0.2) is 36.6 Å². The van der Waals surface area contributed by atoms with E-state index in [1.807, 2.05) is 6.92 Å². The average Bonchev–Trinajstić information content (AvgIpc) is 2.06. The molecule has 0 saturated heterocycles. The van der Waals surface area contributed by atoms with Gasteiger partial charge in [-0.15, -0.1) is 0 Å². The van der Waals surface area contributed by atoms with Gasteiger partial charge < -0.3 is 8.83 Å². The molecule has 2 rings (SSSR count). The minimum Gasteiger partial charge on any atom is -0.394 e. The number of aryl methyl sites for hydroxylation is 1. The van der Waals surface area contributed by atoms with Crippen molar-refractivity contribution in [1.29, 1.82) is 0 Å². The van der Waals surface area contributed by atoms with Gasteiger partial charge in [0.1, 0.15) is 11.0 Å². The Hall–Kier alpha value is -1.84. The summed E-state index contributed by atoms with van der Waals surface area (Å²) in [4.78, 5) is 21.8. The minimum atomic E-state index is -0.971. The summed E-state index contributed by atoms with van der Waals surface area (Å²) in [5.41, 5.74) is 0.510. The third-order valence-corrected chi connectivity index (χ3v) is 1.72. The highest BCUT2D eigenvalue weighted by Crippen LogP contribution is 2.09. The van der Waals surface area contributed by atoms with Gasteiger partial charge in [-0.05, 0) is 24.6 Å². The maximum Gasteiger partial charge on any atom is 0.522 e. The van der Waals surface area contributed by atoms with Crippen LogP contribution in [0.5, 0.6) is 0 Å². The van der Waals surface area contributed by atoms with Crippen LogP contribution in [0.1, 0.15) is 5.56 Å². The first-order valence-electron chi connectivity index (χ1n) is 3.71. The molecule has 0 saturated carbocycles. The summed E-state index contributed by atoms with van der Waals surface area (Å²) in [5, 5.41) is 0.291. The number of benzene rings is 1. The van der Waals surface area contributed by atoms with Crippen LogP contribution in [0, 0.1) is 6.92 Å². The second kappa shape index (κ2) is 2.58. The third kappa shape index (κ3) is 1.26. The standard InChI is InChI=1S/C9H6O4/c1-5-2-3-7-6(4-5)8(10)13-9(11)12-7/h2-4H,1H3. The SMILES string of the molecule is Cc1ccc2oc(=O)oc(=O)c2c1. The molecule has 66 valence electrons. The molecule has 0 bridgehead atoms. The van der Waals surface area contributed by atoms with Crippen molar-refractivity contribution in [3.8, 4) is 0 Å². The fourth-order valence-corrected chi connectivity index (χ4v) is 1.13. The van der Waals surface area contributed by atoms with Gasteiger partial charge in [0.25, 0.3) is 0 Å². The number of rotatable bonds is 0. The molecule has 1 aromatic carbocycles. The predicted molar refractivity (Wildman–Crippen MR) is 45.8 cm³/mol. The lowest BCUT2D eigenvalue weighted by Gasteiger charge is -1.93. The van der Waals surface area contributed by atoms with Crippen molar-refractivity contribution in [3.63, 3.8) is 0 Å². The quantitative estimate of drug-likeness (QED) is 0.605. The lowest BCUT2D eigenvalue weighted by atomic mass is 10.2. The summed E-state index contributed by atoms with van der Waals surface area (Å²) in [5.74, 6) is -0.971. The van der Waals surface area contributed by atoms with Crippen LogP contribution in [0.3, 0.4) is 0 Å². The van der Waals surface area contributed by atoms with Crippen LogP contribution in [0.4, 0.5) is 0 Å². The van der Waals surface area contributed by atoms with Crippen molar-refractivity contribution in [1.82, 2.24) is 0 Å². The minimum absolute atomic E-state index is 0.256. The van der Waals surface area contributed by atoms with Crippen molar-refractivity contribution in [2.45, 2.75) is 6.92 Å². The van der Waals surface area contributed by atoms with E-state index in [0.29, 0.717) is 5.39 Å². The second-order valence-corrected chi connectivity index (χ2v) is 2.74. The highest BCUT2D eigenvalue weighted by Gasteiger charge is 2.03. The molecule has 0 aliphatic carbocycles. The topological polar surface area (TPSA) is 60.4 Å². The van der Waals surface area contributed by atoms with Gasteiger partial charge in [0.2, 0.25) is 0 Å². The van der Waals surface area contributed by atoms with E-state index < -0.39 is 11.4 Å². The van der Waals surface area contributed by atoms with Crippen LogP contribution in [0.2, 0.25) is 0 Å². The van der Waals surface area contributed by atoms with Gasteiger partial charge >= 0.3 is 11.4 Å². The van der Waals surface area contributed by atoms with E-state index in [1.165, 1.54) is 0 Å². The normalized spacial score (nSPS) is 10.5. The summed E-state index contributed by atoms with van der Waals surface area (Å²) in [6, 6.07) is 4.94. The molecule has 4 heteroatoms. The summed E-state index contributed by atoms with van der Waals surface area (Å²) in [6.45, 7) is 1.84. The predicted octanol–water partition coefficient (Wildman–Crippen LogP) is 1.05. The molecule has 1 aromatic heterocycles. The van der Waals surface area contributed by atoms with Crippen LogP contribution in [-0.4, -0.2) is 0 Å². The first-order chi connectivity index (χ1) is 6.16. The fourth-order valence-electron chi connectivity index (χ4n) is 1.13. The molecule has 0 N–H and O–H groups in total. The largest absolute Gasteiger partial charge is 0.522 e. The molecule has 0 aliphatic rings. The van der Waals surface area contributed by atoms with E-state index >= 15 is 0 Å². The Labute approximate surface area is 72.4 Å². The Balaban J connectivity index is 3.04. The van der Waals surface area contributed by atoms with E-state index in [9.17, 15) is 9.59 Å². The maximum absolute atomic E-state index is 11.1. The summed E-state index contributed by atoms with van der Waals surface area (Å²) in [7, 11) is 0. The van der Waals surface area contributed by atoms with Gasteiger partial charge in [0, 0.05) is 0 Å². The number of hydrogen-bond acceptors (Lipinski definition) is 4. The fraction of sp³-hybridized carbons (Fsp3) is 0.111. The molecular formula is C9H6O4. The first-order valence-corrected chi connectivity index (χ1v) is 3.71. The summed E-state index contributed by atoms with van der Waals surface area (Å²) >= 11 is 0. The molecule has 13 heavy (non-hydrogen) atoms. The zero-order valence-electron chi connectivity index (χ0n) is 6.87. The number of hydrogen-bond donors (Lipinski definition) is 0. The average molecular weight is 178 g/mol. The molecule has 4 nitrogen and oxygen atoms in total. The van der Waals surface area contributed by atoms with E-state index in [1.54, 1.807) is 18.2 Å². The number of fused-ring (bicyclic) bond motifs is 1. The smallest absolute Gasteiger partial charge is 0.394 e. The van der Waals surface area contributed by atoms with Crippen LogP contribution >= 0.6 is 0 Å². The van der Waals surface area contributed by atoms with Crippen LogP contribution < -0.4 is 11.4 Å². The molecule has 0 unspecified atom stereocenters. The van der Waals surface area contributed by atoms with Crippen molar-refractivity contribution >= 4 is 11.0 Å². The Morgan fingerprint density at radius 3 is 2.69 bits per heavy atom. The molecule has 2 aromatic rings. The lowest BCUT2D eigenvalue weighted by Crippen LogP contribution is -2.09. The highest BCUT2D eigenvalue weighted by atomic mass is 16.6. The van der Waals surface area contributed by atoms with Gasteiger partial charge in [-0.1, -0.05) is 6.07 Å².